The molecule has 0 atom stereocenters. The van der Waals surface area contributed by atoms with Gasteiger partial charge in [-0.15, -0.1) is 0 Å². The largest absolute Gasteiger partial charge is 1.00 e. The number of rotatable bonds is 0. The van der Waals surface area contributed by atoms with E-state index in [1.54, 1.807) is 0 Å². The van der Waals surface area contributed by atoms with Gasteiger partial charge >= 0.3 is 18.9 Å². The van der Waals surface area contributed by atoms with Crippen LogP contribution in [0.1, 0.15) is 0 Å². The third kappa shape index (κ3) is 15.7. The summed E-state index contributed by atoms with van der Waals surface area (Å²) in [5.74, 6) is 0. The van der Waals surface area contributed by atoms with Gasteiger partial charge in [0.15, 0.2) is 0 Å². The molecule has 2 heteroatoms. The molecule has 0 radical (unpaired) electrons. The maximum atomic E-state index is 2.00. The molecule has 52 valence electrons. The zero-order valence-corrected chi connectivity index (χ0v) is 7.33. The van der Waals surface area contributed by atoms with Crippen molar-refractivity contribution in [3.63, 3.8) is 0 Å². The topological polar surface area (TPSA) is 3.24 Å². The molecule has 1 aromatic carbocycles. The van der Waals surface area contributed by atoms with Crippen molar-refractivity contribution in [2.45, 2.75) is 0 Å². The molecule has 0 aliphatic carbocycles. The van der Waals surface area contributed by atoms with Crippen LogP contribution in [0.3, 0.4) is 0 Å². The van der Waals surface area contributed by atoms with Gasteiger partial charge in [-0.1, -0.05) is 0 Å². The minimum Gasteiger partial charge on any atom is -0.312 e. The van der Waals surface area contributed by atoms with Crippen LogP contribution in [0.2, 0.25) is 0 Å². The Labute approximate surface area is 75.6 Å². The molecular weight excluding hydrogens is 117 g/mol. The van der Waals surface area contributed by atoms with Gasteiger partial charge in [0.2, 0.25) is 0 Å². The van der Waals surface area contributed by atoms with Gasteiger partial charge in [-0.25, -0.2) is 12.1 Å². The molecule has 1 aromatic rings. The Morgan fingerprint density at radius 3 is 1.40 bits per heavy atom. The second-order valence-corrected chi connectivity index (χ2v) is 2.30. The molecule has 0 fully saturated rings. The Balaban J connectivity index is 0. The van der Waals surface area contributed by atoms with E-state index in [-0.39, 0.29) is 18.9 Å². The molecule has 0 N–H and O–H groups in total. The molecular formula is C8H14LiN. The molecule has 1 nitrogen and oxygen atoms in total. The van der Waals surface area contributed by atoms with Crippen molar-refractivity contribution in [2.75, 3.05) is 21.1 Å². The molecule has 0 unspecified atom stereocenters. The van der Waals surface area contributed by atoms with Gasteiger partial charge in [-0.05, 0) is 21.1 Å². The summed E-state index contributed by atoms with van der Waals surface area (Å²) < 4.78 is 0. The fourth-order valence-corrected chi connectivity index (χ4v) is 0.321. The van der Waals surface area contributed by atoms with Crippen molar-refractivity contribution in [3.8, 4) is 0 Å². The molecule has 0 aliphatic rings. The van der Waals surface area contributed by atoms with E-state index in [0.29, 0.717) is 0 Å². The van der Waals surface area contributed by atoms with Gasteiger partial charge < -0.3 is 4.90 Å². The van der Waals surface area contributed by atoms with E-state index in [4.69, 9.17) is 0 Å². The second-order valence-electron chi connectivity index (χ2n) is 2.30. The summed E-state index contributed by atoms with van der Waals surface area (Å²) in [5, 5.41) is 0. The van der Waals surface area contributed by atoms with Crippen LogP contribution in [0, 0.1) is 0 Å². The number of hydrogen-bond acceptors (Lipinski definition) is 1. The number of nitrogens with zero attached hydrogens (tertiary/aromatic N) is 1. The molecule has 0 spiro atoms. The first kappa shape index (κ1) is 12.6. The zero-order valence-electron chi connectivity index (χ0n) is 7.33. The first-order valence-electron chi connectivity index (χ1n) is 3.01. The van der Waals surface area contributed by atoms with E-state index in [2.05, 4.69) is 0 Å². The summed E-state index contributed by atoms with van der Waals surface area (Å²) in [4.78, 5) is 2.00. The van der Waals surface area contributed by atoms with Crippen molar-refractivity contribution in [1.82, 2.24) is 4.90 Å². The summed E-state index contributed by atoms with van der Waals surface area (Å²) >= 11 is 0. The molecule has 0 bridgehead atoms. The normalized spacial score (nSPS) is 7.60. The van der Waals surface area contributed by atoms with E-state index in [1.165, 1.54) is 0 Å². The minimum atomic E-state index is 0. The van der Waals surface area contributed by atoms with E-state index >= 15 is 0 Å². The Morgan fingerprint density at radius 2 is 1.30 bits per heavy atom. The molecule has 0 aromatic heterocycles. The van der Waals surface area contributed by atoms with E-state index in [9.17, 15) is 0 Å². The van der Waals surface area contributed by atoms with Crippen LogP contribution in [0.4, 0.5) is 0 Å². The second kappa shape index (κ2) is 8.91. The first-order chi connectivity index (χ1) is 4.23. The maximum absolute atomic E-state index is 2.00. The third-order valence-corrected chi connectivity index (χ3v) is 0.556. The summed E-state index contributed by atoms with van der Waals surface area (Å²) in [6, 6.07) is 10.0. The van der Waals surface area contributed by atoms with Crippen molar-refractivity contribution in [1.29, 1.82) is 0 Å². The molecule has 1 rings (SSSR count). The van der Waals surface area contributed by atoms with E-state index in [0.717, 1.165) is 0 Å². The van der Waals surface area contributed by atoms with Crippen molar-refractivity contribution >= 4 is 0 Å². The fraction of sp³-hybridized carbons (Fsp3) is 0.375. The summed E-state index contributed by atoms with van der Waals surface area (Å²) in [5.41, 5.74) is 0. The molecule has 10 heavy (non-hydrogen) atoms. The molecule has 0 amide bonds. The maximum Gasteiger partial charge on any atom is 1.00 e. The van der Waals surface area contributed by atoms with Crippen molar-refractivity contribution in [3.05, 3.63) is 30.3 Å². The quantitative estimate of drug-likeness (QED) is 0.309. The molecule has 0 heterocycles. The Kier molecular flexibility index (Phi) is 11.2. The Morgan fingerprint density at radius 1 is 1.00 bits per heavy atom. The van der Waals surface area contributed by atoms with Crippen LogP contribution in [0.15, 0.2) is 30.3 Å². The number of hydrogen-bond donors (Lipinski definition) is 0. The average Bonchev–Trinajstić information content (AvgIpc) is 2.11. The van der Waals surface area contributed by atoms with Gasteiger partial charge in [-0.3, -0.25) is 0 Å². The summed E-state index contributed by atoms with van der Waals surface area (Å²) in [6.07, 6.45) is 0. The van der Waals surface area contributed by atoms with Crippen LogP contribution in [0.25, 0.3) is 0 Å². The molecule has 0 aliphatic heterocycles. The van der Waals surface area contributed by atoms with Crippen LogP contribution in [-0.4, -0.2) is 26.0 Å². The average molecular weight is 131 g/mol. The minimum absolute atomic E-state index is 0. The van der Waals surface area contributed by atoms with Crippen molar-refractivity contribution < 1.29 is 18.9 Å². The first-order valence-corrected chi connectivity index (χ1v) is 3.01. The molecule has 0 saturated heterocycles. The smallest absolute Gasteiger partial charge is 0.312 e. The van der Waals surface area contributed by atoms with Gasteiger partial charge in [0.25, 0.3) is 0 Å². The van der Waals surface area contributed by atoms with Gasteiger partial charge in [0.1, 0.15) is 0 Å². The predicted molar refractivity (Wildman–Crippen MR) is 41.6 cm³/mol. The van der Waals surface area contributed by atoms with Crippen LogP contribution in [-0.2, 0) is 0 Å². The Bertz CT molecular complexity index is 92.8. The third-order valence-electron chi connectivity index (χ3n) is 0.556. The van der Waals surface area contributed by atoms with Crippen molar-refractivity contribution in [2.24, 2.45) is 0 Å². The van der Waals surface area contributed by atoms with Crippen LogP contribution >= 0.6 is 0 Å². The van der Waals surface area contributed by atoms with Gasteiger partial charge in [0.05, 0.1) is 0 Å². The van der Waals surface area contributed by atoms with Crippen LogP contribution < -0.4 is 18.9 Å². The van der Waals surface area contributed by atoms with Gasteiger partial charge in [-0.2, -0.15) is 18.2 Å². The Hall–Kier alpha value is -0.0926. The van der Waals surface area contributed by atoms with E-state index in [1.807, 2.05) is 56.4 Å². The zero-order chi connectivity index (χ0) is 7.11. The van der Waals surface area contributed by atoms with Gasteiger partial charge in [0, 0.05) is 0 Å². The van der Waals surface area contributed by atoms with E-state index < -0.39 is 0 Å². The predicted octanol–water partition coefficient (Wildman–Crippen LogP) is -1.41. The summed E-state index contributed by atoms with van der Waals surface area (Å²) in [7, 11) is 6.00. The fourth-order valence-electron chi connectivity index (χ4n) is 0.321. The van der Waals surface area contributed by atoms with Crippen LogP contribution in [0.5, 0.6) is 0 Å². The summed E-state index contributed by atoms with van der Waals surface area (Å²) in [6.45, 7) is 0. The SMILES string of the molecule is CN(C)C.[Li+].c1cc[cH-]c1. The standard InChI is InChI=1S/C5H5.C3H9N.Li/c1-2-4-5-3-1;1-4(2)3;/h1-5H;1-3H3;/q-1;;+1. The molecule has 0 saturated carbocycles. The monoisotopic (exact) mass is 131 g/mol.